The first-order chi connectivity index (χ1) is 8.13. The number of aromatic nitrogens is 2. The number of para-hydroxylation sites is 1. The van der Waals surface area contributed by atoms with Crippen molar-refractivity contribution in [3.05, 3.63) is 29.0 Å². The number of aryl methyl sites for hydroxylation is 1. The van der Waals surface area contributed by atoms with Gasteiger partial charge >= 0.3 is 0 Å². The number of hydrogen-bond acceptors (Lipinski definition) is 2. The van der Waals surface area contributed by atoms with Gasteiger partial charge in [-0.3, -0.25) is 4.21 Å². The molecule has 0 spiro atoms. The minimum absolute atomic E-state index is 0.321. The number of rotatable bonds is 4. The first kappa shape index (κ1) is 12.9. The summed E-state index contributed by atoms with van der Waals surface area (Å²) in [7, 11) is -0.845. The van der Waals surface area contributed by atoms with Crippen LogP contribution in [-0.2, 0) is 23.2 Å². The summed E-state index contributed by atoms with van der Waals surface area (Å²) in [5.74, 6) is 1.65. The van der Waals surface area contributed by atoms with E-state index in [2.05, 4.69) is 4.98 Å². The van der Waals surface area contributed by atoms with E-state index in [9.17, 15) is 4.21 Å². The van der Waals surface area contributed by atoms with Crippen LogP contribution in [0.25, 0.3) is 11.0 Å². The maximum atomic E-state index is 11.2. The fourth-order valence-corrected chi connectivity index (χ4v) is 2.67. The van der Waals surface area contributed by atoms with Crippen molar-refractivity contribution in [1.82, 2.24) is 9.55 Å². The summed E-state index contributed by atoms with van der Waals surface area (Å²) >= 11 is 12.0. The predicted molar refractivity (Wildman–Crippen MR) is 73.2 cm³/mol. The summed E-state index contributed by atoms with van der Waals surface area (Å²) < 4.78 is 13.1. The van der Waals surface area contributed by atoms with E-state index in [4.69, 9.17) is 23.2 Å². The van der Waals surface area contributed by atoms with E-state index < -0.39 is 10.8 Å². The monoisotopic (exact) mass is 290 g/mol. The van der Waals surface area contributed by atoms with Crippen molar-refractivity contribution in [3.63, 3.8) is 0 Å². The molecule has 0 radical (unpaired) electrons. The Labute approximate surface area is 112 Å². The van der Waals surface area contributed by atoms with Gasteiger partial charge < -0.3 is 4.57 Å². The van der Waals surface area contributed by atoms with E-state index in [0.717, 1.165) is 16.9 Å². The quantitative estimate of drug-likeness (QED) is 0.812. The Morgan fingerprint density at radius 2 is 2.24 bits per heavy atom. The number of nitrogens with zero attached hydrogens (tertiary/aromatic N) is 2. The fourth-order valence-electron chi connectivity index (χ4n) is 1.75. The summed E-state index contributed by atoms with van der Waals surface area (Å²) in [5.41, 5.74) is 1.70. The van der Waals surface area contributed by atoms with Gasteiger partial charge in [-0.2, -0.15) is 0 Å². The van der Waals surface area contributed by atoms with Gasteiger partial charge in [-0.05, 0) is 12.1 Å². The van der Waals surface area contributed by atoms with Crippen LogP contribution < -0.4 is 0 Å². The predicted octanol–water partition coefficient (Wildman–Crippen LogP) is 2.81. The number of halogens is 2. The molecule has 1 aromatic heterocycles. The third-order valence-corrected chi connectivity index (χ3v) is 3.82. The summed E-state index contributed by atoms with van der Waals surface area (Å²) in [6.45, 7) is 0.616. The minimum Gasteiger partial charge on any atom is -0.325 e. The van der Waals surface area contributed by atoms with E-state index in [1.807, 2.05) is 22.8 Å². The lowest BCUT2D eigenvalue weighted by Crippen LogP contribution is -2.09. The number of alkyl halides is 1. The van der Waals surface area contributed by atoms with Gasteiger partial charge in [-0.15, -0.1) is 11.6 Å². The Kier molecular flexibility index (Phi) is 4.07. The fraction of sp³-hybridized carbons (Fsp3) is 0.364. The molecule has 0 N–H and O–H groups in total. The van der Waals surface area contributed by atoms with Crippen LogP contribution in [0, 0.1) is 0 Å². The molecule has 0 aliphatic carbocycles. The molecule has 0 saturated carbocycles. The third kappa shape index (κ3) is 2.64. The average Bonchev–Trinajstić information content (AvgIpc) is 2.65. The summed E-state index contributed by atoms with van der Waals surface area (Å²) in [6.07, 6.45) is 1.68. The van der Waals surface area contributed by atoms with Crippen LogP contribution in [-0.4, -0.2) is 25.8 Å². The van der Waals surface area contributed by atoms with Crippen molar-refractivity contribution >= 4 is 45.0 Å². The molecule has 0 aliphatic rings. The van der Waals surface area contributed by atoms with Gasteiger partial charge in [-0.1, -0.05) is 17.7 Å². The highest BCUT2D eigenvalue weighted by Crippen LogP contribution is 2.25. The van der Waals surface area contributed by atoms with Crippen molar-refractivity contribution < 1.29 is 4.21 Å². The van der Waals surface area contributed by atoms with Crippen LogP contribution in [0.2, 0.25) is 5.02 Å². The Bertz CT molecular complexity index is 568. The zero-order valence-electron chi connectivity index (χ0n) is 9.32. The van der Waals surface area contributed by atoms with Gasteiger partial charge in [-0.25, -0.2) is 4.98 Å². The molecule has 92 valence electrons. The van der Waals surface area contributed by atoms with Gasteiger partial charge in [0.2, 0.25) is 0 Å². The smallest absolute Gasteiger partial charge is 0.124 e. The van der Waals surface area contributed by atoms with Gasteiger partial charge in [0.1, 0.15) is 5.82 Å². The van der Waals surface area contributed by atoms with Crippen molar-refractivity contribution in [2.24, 2.45) is 0 Å². The lowest BCUT2D eigenvalue weighted by molar-refractivity contribution is 0.676. The molecule has 0 bridgehead atoms. The van der Waals surface area contributed by atoms with Crippen molar-refractivity contribution in [3.8, 4) is 0 Å². The number of fused-ring (bicyclic) bond motifs is 1. The zero-order chi connectivity index (χ0) is 12.4. The van der Waals surface area contributed by atoms with E-state index in [-0.39, 0.29) is 0 Å². The topological polar surface area (TPSA) is 34.9 Å². The van der Waals surface area contributed by atoms with Gasteiger partial charge in [0.15, 0.2) is 0 Å². The van der Waals surface area contributed by atoms with E-state index in [1.165, 1.54) is 0 Å². The molecule has 0 amide bonds. The highest BCUT2D eigenvalue weighted by Gasteiger charge is 2.12. The Hall–Kier alpha value is -0.580. The zero-order valence-corrected chi connectivity index (χ0v) is 11.6. The molecule has 0 saturated heterocycles. The molecule has 1 atom stereocenters. The molecule has 2 aromatic rings. The van der Waals surface area contributed by atoms with Crippen LogP contribution in [0.5, 0.6) is 0 Å². The number of benzene rings is 1. The summed E-state index contributed by atoms with van der Waals surface area (Å²) in [4.78, 5) is 4.42. The maximum absolute atomic E-state index is 11.2. The molecular formula is C11H12Cl2N2OS. The summed E-state index contributed by atoms with van der Waals surface area (Å²) in [6, 6.07) is 5.58. The second kappa shape index (κ2) is 5.38. The van der Waals surface area contributed by atoms with Crippen molar-refractivity contribution in [2.45, 2.75) is 12.4 Å². The SMILES string of the molecule is CS(=O)CCn1c(CCl)nc2cccc(Cl)c21. The second-order valence-electron chi connectivity index (χ2n) is 3.70. The molecule has 1 aromatic carbocycles. The molecule has 3 nitrogen and oxygen atoms in total. The highest BCUT2D eigenvalue weighted by atomic mass is 35.5. The maximum Gasteiger partial charge on any atom is 0.124 e. The normalized spacial score (nSPS) is 13.1. The Morgan fingerprint density at radius 3 is 2.88 bits per heavy atom. The molecule has 1 unspecified atom stereocenters. The van der Waals surface area contributed by atoms with Gasteiger partial charge in [0.25, 0.3) is 0 Å². The molecule has 6 heteroatoms. The minimum atomic E-state index is -0.845. The van der Waals surface area contributed by atoms with Crippen molar-refractivity contribution in [2.75, 3.05) is 12.0 Å². The Balaban J connectivity index is 2.53. The molecule has 17 heavy (non-hydrogen) atoms. The number of imidazole rings is 1. The van der Waals surface area contributed by atoms with Crippen LogP contribution in [0.3, 0.4) is 0 Å². The van der Waals surface area contributed by atoms with E-state index >= 15 is 0 Å². The lowest BCUT2D eigenvalue weighted by Gasteiger charge is -2.07. The van der Waals surface area contributed by atoms with Crippen LogP contribution in [0.1, 0.15) is 5.82 Å². The molecule has 0 fully saturated rings. The van der Waals surface area contributed by atoms with Crippen LogP contribution in [0.4, 0.5) is 0 Å². The first-order valence-electron chi connectivity index (χ1n) is 5.13. The van der Waals surface area contributed by atoms with Gasteiger partial charge in [0.05, 0.1) is 21.9 Å². The number of hydrogen-bond donors (Lipinski definition) is 0. The lowest BCUT2D eigenvalue weighted by atomic mass is 10.3. The standard InChI is InChI=1S/C11H12Cl2N2OS/c1-17(16)6-5-15-10(7-12)14-9-4-2-3-8(13)11(9)15/h2-4H,5-7H2,1H3. The molecular weight excluding hydrogens is 279 g/mol. The molecule has 0 aliphatic heterocycles. The third-order valence-electron chi connectivity index (χ3n) is 2.52. The van der Waals surface area contributed by atoms with Crippen LogP contribution >= 0.6 is 23.2 Å². The van der Waals surface area contributed by atoms with E-state index in [1.54, 1.807) is 6.26 Å². The Morgan fingerprint density at radius 1 is 1.47 bits per heavy atom. The van der Waals surface area contributed by atoms with Gasteiger partial charge in [0, 0.05) is 29.4 Å². The molecule has 2 rings (SSSR count). The largest absolute Gasteiger partial charge is 0.325 e. The van der Waals surface area contributed by atoms with E-state index in [0.29, 0.717) is 23.2 Å². The average molecular weight is 291 g/mol. The highest BCUT2D eigenvalue weighted by molar-refractivity contribution is 7.84. The summed E-state index contributed by atoms with van der Waals surface area (Å²) in [5, 5.41) is 0.647. The van der Waals surface area contributed by atoms with Crippen LogP contribution in [0.15, 0.2) is 18.2 Å². The molecule has 1 heterocycles. The second-order valence-corrected chi connectivity index (χ2v) is 5.93. The first-order valence-corrected chi connectivity index (χ1v) is 7.77. The van der Waals surface area contributed by atoms with Crippen molar-refractivity contribution in [1.29, 1.82) is 0 Å².